The van der Waals surface area contributed by atoms with Crippen LogP contribution < -0.4 is 45.6 Å². The molecule has 4 aliphatic rings. The number of allylic oxidation sites excluding steroid dienone is 16. The number of rotatable bonds is 18. The summed E-state index contributed by atoms with van der Waals surface area (Å²) in [5.74, 6) is -2.56. The fraction of sp³-hybridized carbons (Fsp3) is 0.286. The quantitative estimate of drug-likeness (QED) is 0.102. The van der Waals surface area contributed by atoms with E-state index in [-0.39, 0.29) is 24.8 Å². The van der Waals surface area contributed by atoms with Gasteiger partial charge in [-0.3, -0.25) is 0 Å². The molecule has 0 aromatic heterocycles. The van der Waals surface area contributed by atoms with Gasteiger partial charge in [-0.15, -0.1) is 0 Å². The summed E-state index contributed by atoms with van der Waals surface area (Å²) >= 11 is -4.64. The molecule has 0 amide bonds. The average Bonchev–Trinajstić information content (AvgIpc) is 4.14. The van der Waals surface area contributed by atoms with E-state index < -0.39 is 53.2 Å². The van der Waals surface area contributed by atoms with Crippen LogP contribution in [-0.4, -0.2) is 12.0 Å². The van der Waals surface area contributed by atoms with Crippen molar-refractivity contribution in [1.29, 1.82) is 0 Å². The molecular weight excluding hydrogens is 1160 g/mol. The second-order valence-electron chi connectivity index (χ2n) is 16.8. The van der Waals surface area contributed by atoms with Crippen molar-refractivity contribution < 1.29 is 66.0 Å². The molecule has 0 radical (unpaired) electrons. The van der Waals surface area contributed by atoms with Gasteiger partial charge >= 0.3 is 384 Å². The molecule has 62 heavy (non-hydrogen) atoms. The average molecular weight is 1220 g/mol. The van der Waals surface area contributed by atoms with Crippen molar-refractivity contribution in [2.24, 2.45) is 0 Å². The zero-order valence-corrected chi connectivity index (χ0v) is 48.6. The fourth-order valence-electron chi connectivity index (χ4n) is 10.0. The molecule has 0 spiro atoms. The van der Waals surface area contributed by atoms with Gasteiger partial charge in [0.05, 0.1) is 0 Å². The topological polar surface area (TPSA) is 0 Å². The molecule has 0 unspecified atom stereocenters. The Kier molecular flexibility index (Phi) is 21.6. The minimum absolute atomic E-state index is 0. The van der Waals surface area contributed by atoms with Crippen molar-refractivity contribution in [3.05, 3.63) is 206 Å². The largest absolute Gasteiger partial charge is 1.00 e. The van der Waals surface area contributed by atoms with E-state index >= 15 is 0 Å². The standard InChI is InChI=1S/2C12H11Si.4C8H11.2ClH.2Hf/c2*1-3-7-11(8-4-1)13-12-9-5-2-6-10-12;4*1-2-5-8-6-3-4-7-8;;;;/h2*1-10,13H;4*3,6H,2,4-5H2,1H3;2*1H;;/q;;;;;;;;2*+1/p-2. The summed E-state index contributed by atoms with van der Waals surface area (Å²) < 4.78 is 7.72. The Labute approximate surface area is 405 Å². The first-order valence-corrected chi connectivity index (χ1v) is 46.2. The Balaban J connectivity index is 0.000000227. The van der Waals surface area contributed by atoms with Crippen LogP contribution in [0.25, 0.3) is 0 Å². The molecule has 0 heterocycles. The van der Waals surface area contributed by atoms with Gasteiger partial charge in [0.15, 0.2) is 0 Å². The Morgan fingerprint density at radius 1 is 0.339 bits per heavy atom. The maximum Gasteiger partial charge on any atom is -1.00 e. The summed E-state index contributed by atoms with van der Waals surface area (Å²) in [5.41, 5.74) is 6.83. The Morgan fingerprint density at radius 3 is 0.742 bits per heavy atom. The van der Waals surface area contributed by atoms with E-state index in [4.69, 9.17) is 0 Å². The monoisotopic (exact) mass is 1220 g/mol. The van der Waals surface area contributed by atoms with Gasteiger partial charge in [0, 0.05) is 0 Å². The van der Waals surface area contributed by atoms with Crippen LogP contribution in [0.1, 0.15) is 105 Å². The van der Waals surface area contributed by atoms with Gasteiger partial charge in [0.25, 0.3) is 0 Å². The summed E-state index contributed by atoms with van der Waals surface area (Å²) in [6.07, 6.45) is 34.7. The Morgan fingerprint density at radius 2 is 0.548 bits per heavy atom. The molecule has 320 valence electrons. The van der Waals surface area contributed by atoms with E-state index in [1.807, 2.05) is 13.3 Å². The van der Waals surface area contributed by atoms with Crippen LogP contribution in [-0.2, 0) is 41.2 Å². The third-order valence-corrected chi connectivity index (χ3v) is 73.1. The van der Waals surface area contributed by atoms with Crippen LogP contribution in [0.4, 0.5) is 0 Å². The summed E-state index contributed by atoms with van der Waals surface area (Å²) in [6.45, 7) is 9.35. The predicted octanol–water partition coefficient (Wildman–Crippen LogP) is 6.35. The molecule has 4 aromatic carbocycles. The first-order valence-electron chi connectivity index (χ1n) is 23.2. The molecular formula is C56H66Cl2Hf2Si2. The normalized spacial score (nSPS) is 15.2. The second kappa shape index (κ2) is 26.5. The molecule has 0 atom stereocenters. The Hall–Kier alpha value is -2.45. The molecule has 8 rings (SSSR count). The van der Waals surface area contributed by atoms with Crippen LogP contribution in [0, 0.1) is 0 Å². The van der Waals surface area contributed by atoms with Crippen molar-refractivity contribution in [1.82, 2.24) is 0 Å². The summed E-state index contributed by atoms with van der Waals surface area (Å²) in [4.78, 5) is 0. The van der Waals surface area contributed by atoms with Gasteiger partial charge < -0.3 is 24.8 Å². The van der Waals surface area contributed by atoms with E-state index in [9.17, 15) is 0 Å². The molecule has 4 aromatic rings. The van der Waals surface area contributed by atoms with Crippen molar-refractivity contribution >= 4 is 32.7 Å². The molecule has 0 N–H and O–H groups in total. The first kappa shape index (κ1) is 50.6. The molecule has 0 aliphatic heterocycles. The van der Waals surface area contributed by atoms with Crippen LogP contribution in [0.3, 0.4) is 0 Å². The van der Waals surface area contributed by atoms with Gasteiger partial charge in [-0.1, -0.05) is 0 Å². The summed E-state index contributed by atoms with van der Waals surface area (Å²) in [5, 5.41) is 6.65. The van der Waals surface area contributed by atoms with Gasteiger partial charge in [0.2, 0.25) is 0 Å². The van der Waals surface area contributed by atoms with E-state index in [2.05, 4.69) is 198 Å². The van der Waals surface area contributed by atoms with E-state index in [1.54, 1.807) is 43.0 Å². The van der Waals surface area contributed by atoms with Gasteiger partial charge in [-0.25, -0.2) is 0 Å². The van der Waals surface area contributed by atoms with E-state index in [0.29, 0.717) is 0 Å². The third-order valence-electron chi connectivity index (χ3n) is 12.6. The number of hydrogen-bond donors (Lipinski definition) is 0. The molecule has 0 saturated heterocycles. The van der Waals surface area contributed by atoms with Crippen LogP contribution >= 0.6 is 0 Å². The minimum atomic E-state index is -2.32. The van der Waals surface area contributed by atoms with Crippen LogP contribution in [0.15, 0.2) is 206 Å². The number of benzene rings is 4. The Bertz CT molecular complexity index is 1950. The molecule has 0 bridgehead atoms. The van der Waals surface area contributed by atoms with Crippen LogP contribution in [0.2, 0.25) is 0 Å². The smallest absolute Gasteiger partial charge is 1.00 e. The first-order chi connectivity index (χ1) is 29.7. The van der Waals surface area contributed by atoms with Crippen molar-refractivity contribution in [2.45, 2.75) is 105 Å². The van der Waals surface area contributed by atoms with Gasteiger partial charge in [-0.2, -0.15) is 0 Å². The molecule has 0 nitrogen and oxygen atoms in total. The minimum Gasteiger partial charge on any atom is -1.00 e. The molecule has 6 heteroatoms. The molecule has 0 saturated carbocycles. The maximum atomic E-state index is 2.48. The zero-order chi connectivity index (χ0) is 41.5. The van der Waals surface area contributed by atoms with Gasteiger partial charge in [0.1, 0.15) is 0 Å². The molecule has 4 aliphatic carbocycles. The fourth-order valence-corrected chi connectivity index (χ4v) is 79.0. The SMILES string of the molecule is CCCC1=[C]([Hf+]([C]2=C(CCC)C=CC2)[SiH](c2ccccc2)c2ccccc2)CC=C1.CCCC1=[C]([Hf+]([C]2=C(CCC)C=CC2)[SiH](c2ccccc2)c2ccccc2)CC=C1.[Cl-].[Cl-]. The van der Waals surface area contributed by atoms with Crippen molar-refractivity contribution in [3.63, 3.8) is 0 Å². The molecule has 0 fully saturated rings. The number of halogens is 2. The van der Waals surface area contributed by atoms with Gasteiger partial charge in [-0.05, 0) is 0 Å². The maximum absolute atomic E-state index is 2.48. The second-order valence-corrected chi connectivity index (χ2v) is 57.7. The van der Waals surface area contributed by atoms with E-state index in [1.165, 1.54) is 77.0 Å². The van der Waals surface area contributed by atoms with Crippen LogP contribution in [0.5, 0.6) is 0 Å². The van der Waals surface area contributed by atoms with Crippen molar-refractivity contribution in [2.75, 3.05) is 0 Å². The number of hydrogen-bond acceptors (Lipinski definition) is 0. The zero-order valence-electron chi connectivity index (χ0n) is 37.6. The predicted molar refractivity (Wildman–Crippen MR) is 261 cm³/mol. The summed E-state index contributed by atoms with van der Waals surface area (Å²) in [6, 6.07) is 46.4. The summed E-state index contributed by atoms with van der Waals surface area (Å²) in [7, 11) is 0. The third kappa shape index (κ3) is 12.5. The van der Waals surface area contributed by atoms with Crippen molar-refractivity contribution in [3.8, 4) is 0 Å². The van der Waals surface area contributed by atoms with E-state index in [0.717, 1.165) is 0 Å².